The number of ketones is 1. The molecule has 126 valence electrons. The van der Waals surface area contributed by atoms with Crippen molar-refractivity contribution in [1.29, 1.82) is 0 Å². The molecule has 0 saturated carbocycles. The summed E-state index contributed by atoms with van der Waals surface area (Å²) in [6.45, 7) is 1.84. The van der Waals surface area contributed by atoms with Crippen LogP contribution in [-0.4, -0.2) is 29.7 Å². The van der Waals surface area contributed by atoms with Gasteiger partial charge in [0.1, 0.15) is 0 Å². The Kier molecular flexibility index (Phi) is 5.48. The van der Waals surface area contributed by atoms with Crippen molar-refractivity contribution in [2.45, 2.75) is 24.7 Å². The van der Waals surface area contributed by atoms with Crippen LogP contribution in [0.1, 0.15) is 34.3 Å². The van der Waals surface area contributed by atoms with Crippen molar-refractivity contribution < 1.29 is 23.0 Å². The average molecular weight is 347 g/mol. The summed E-state index contributed by atoms with van der Waals surface area (Å²) in [5.74, 6) is 0.128. The molecule has 0 atom stereocenters. The Morgan fingerprint density at radius 2 is 1.54 bits per heavy atom. The molecule has 2 aromatic carbocycles. The van der Waals surface area contributed by atoms with Crippen LogP contribution in [-0.2, 0) is 10.1 Å². The quantitative estimate of drug-likeness (QED) is 0.469. The maximum absolute atomic E-state index is 11.4. The van der Waals surface area contributed by atoms with Crippen molar-refractivity contribution in [3.63, 3.8) is 0 Å². The number of aryl methyl sites for hydroxylation is 1. The number of oxime groups is 1. The molecule has 0 aromatic heterocycles. The molecule has 2 N–H and O–H groups in total. The molecular formula is C17H17NO5S. The van der Waals surface area contributed by atoms with Gasteiger partial charge in [0.2, 0.25) is 0 Å². The second kappa shape index (κ2) is 7.37. The van der Waals surface area contributed by atoms with E-state index in [0.717, 1.165) is 11.1 Å². The van der Waals surface area contributed by atoms with Gasteiger partial charge in [-0.1, -0.05) is 47.1 Å². The molecule has 1 aliphatic rings. The molecule has 0 amide bonds. The molecular weight excluding hydrogens is 330 g/mol. The summed E-state index contributed by atoms with van der Waals surface area (Å²) in [5.41, 5.74) is 3.00. The molecule has 0 heterocycles. The van der Waals surface area contributed by atoms with Gasteiger partial charge in [-0.3, -0.25) is 9.35 Å². The maximum Gasteiger partial charge on any atom is 0.294 e. The van der Waals surface area contributed by atoms with E-state index in [-0.39, 0.29) is 10.7 Å². The smallest absolute Gasteiger partial charge is 0.294 e. The van der Waals surface area contributed by atoms with Gasteiger partial charge >= 0.3 is 0 Å². The van der Waals surface area contributed by atoms with E-state index in [0.29, 0.717) is 24.1 Å². The van der Waals surface area contributed by atoms with Gasteiger partial charge in [0, 0.05) is 24.0 Å². The summed E-state index contributed by atoms with van der Waals surface area (Å²) in [6, 6.07) is 13.2. The maximum atomic E-state index is 11.4. The number of carbonyl (C=O) groups excluding carboxylic acids is 1. The first-order chi connectivity index (χ1) is 11.3. The minimum absolute atomic E-state index is 0.0666. The molecule has 0 unspecified atom stereocenters. The fourth-order valence-corrected chi connectivity index (χ4v) is 2.77. The van der Waals surface area contributed by atoms with Crippen LogP contribution < -0.4 is 0 Å². The van der Waals surface area contributed by atoms with Crippen LogP contribution in [0.15, 0.2) is 58.6 Å². The van der Waals surface area contributed by atoms with E-state index in [1.54, 1.807) is 24.3 Å². The van der Waals surface area contributed by atoms with Crippen LogP contribution in [0.4, 0.5) is 0 Å². The third-order valence-corrected chi connectivity index (χ3v) is 4.43. The molecule has 0 fully saturated rings. The van der Waals surface area contributed by atoms with Crippen molar-refractivity contribution in [2.75, 3.05) is 0 Å². The summed E-state index contributed by atoms with van der Waals surface area (Å²) >= 11 is 0. The average Bonchev–Trinajstić information content (AvgIpc) is 2.56. The van der Waals surface area contributed by atoms with E-state index in [9.17, 15) is 13.2 Å². The van der Waals surface area contributed by atoms with Crippen LogP contribution in [0, 0.1) is 6.92 Å². The Morgan fingerprint density at radius 1 is 0.958 bits per heavy atom. The number of hydrogen-bond acceptors (Lipinski definition) is 5. The van der Waals surface area contributed by atoms with Gasteiger partial charge in [-0.2, -0.15) is 8.42 Å². The second-order valence-corrected chi connectivity index (χ2v) is 6.73. The molecule has 0 radical (unpaired) electrons. The lowest BCUT2D eigenvalue weighted by atomic mass is 9.89. The predicted octanol–water partition coefficient (Wildman–Crippen LogP) is 3.08. The first-order valence-electron chi connectivity index (χ1n) is 7.20. The van der Waals surface area contributed by atoms with Gasteiger partial charge in [-0.05, 0) is 19.1 Å². The molecule has 7 heteroatoms. The zero-order valence-corrected chi connectivity index (χ0v) is 13.8. The molecule has 0 aliphatic heterocycles. The van der Waals surface area contributed by atoms with Crippen molar-refractivity contribution in [3.8, 4) is 0 Å². The van der Waals surface area contributed by atoms with E-state index >= 15 is 0 Å². The molecule has 0 spiro atoms. The van der Waals surface area contributed by atoms with Gasteiger partial charge in [0.15, 0.2) is 5.78 Å². The Bertz CT molecular complexity index is 870. The minimum atomic E-state index is -4.02. The highest BCUT2D eigenvalue weighted by Gasteiger charge is 2.21. The van der Waals surface area contributed by atoms with Gasteiger partial charge in [-0.25, -0.2) is 0 Å². The normalized spacial score (nSPS) is 15.4. The number of carbonyl (C=O) groups is 1. The predicted molar refractivity (Wildman–Crippen MR) is 89.3 cm³/mol. The number of hydrogen-bond donors (Lipinski definition) is 2. The van der Waals surface area contributed by atoms with Crippen molar-refractivity contribution in [2.24, 2.45) is 5.16 Å². The summed E-state index contributed by atoms with van der Waals surface area (Å²) in [5, 5.41) is 11.9. The number of benzene rings is 2. The van der Waals surface area contributed by atoms with Crippen LogP contribution in [0.2, 0.25) is 0 Å². The summed E-state index contributed by atoms with van der Waals surface area (Å²) in [7, 11) is -4.02. The molecule has 3 rings (SSSR count). The summed E-state index contributed by atoms with van der Waals surface area (Å²) in [4.78, 5) is 11.3. The first kappa shape index (κ1) is 17.8. The van der Waals surface area contributed by atoms with Crippen LogP contribution in [0.5, 0.6) is 0 Å². The van der Waals surface area contributed by atoms with Crippen LogP contribution in [0.3, 0.4) is 0 Å². The zero-order chi connectivity index (χ0) is 17.7. The van der Waals surface area contributed by atoms with Gasteiger partial charge < -0.3 is 5.21 Å². The van der Waals surface area contributed by atoms with E-state index in [1.165, 1.54) is 12.1 Å². The lowest BCUT2D eigenvalue weighted by Gasteiger charge is -2.14. The highest BCUT2D eigenvalue weighted by Crippen LogP contribution is 2.21. The molecule has 2 aromatic rings. The molecule has 6 nitrogen and oxygen atoms in total. The van der Waals surface area contributed by atoms with E-state index in [4.69, 9.17) is 9.76 Å². The standard InChI is InChI=1S/C10H9NO2.C7H8O3S/c12-10-6-5-9(11-13)7-3-1-2-4-8(7)10;1-6-2-4-7(5-3-6)11(8,9)10/h1-4,13H,5-6H2;2-5H,1H3,(H,8,9,10). The lowest BCUT2D eigenvalue weighted by molar-refractivity contribution is 0.0981. The topological polar surface area (TPSA) is 104 Å². The first-order valence-corrected chi connectivity index (χ1v) is 8.64. The largest absolute Gasteiger partial charge is 0.411 e. The monoisotopic (exact) mass is 347 g/mol. The lowest BCUT2D eigenvalue weighted by Crippen LogP contribution is -2.17. The number of rotatable bonds is 1. The Hall–Kier alpha value is -2.51. The fourth-order valence-electron chi connectivity index (χ4n) is 2.29. The molecule has 24 heavy (non-hydrogen) atoms. The van der Waals surface area contributed by atoms with E-state index < -0.39 is 10.1 Å². The van der Waals surface area contributed by atoms with E-state index in [1.807, 2.05) is 19.1 Å². The van der Waals surface area contributed by atoms with Gasteiger partial charge in [0.05, 0.1) is 10.6 Å². The third kappa shape index (κ3) is 4.27. The van der Waals surface area contributed by atoms with Gasteiger partial charge in [-0.15, -0.1) is 0 Å². The van der Waals surface area contributed by atoms with Gasteiger partial charge in [0.25, 0.3) is 10.1 Å². The van der Waals surface area contributed by atoms with Crippen molar-refractivity contribution >= 4 is 21.6 Å². The number of fused-ring (bicyclic) bond motifs is 1. The summed E-state index contributed by atoms with van der Waals surface area (Å²) in [6.07, 6.45) is 0.975. The highest BCUT2D eigenvalue weighted by molar-refractivity contribution is 7.85. The van der Waals surface area contributed by atoms with Crippen molar-refractivity contribution in [1.82, 2.24) is 0 Å². The fraction of sp³-hybridized carbons (Fsp3) is 0.176. The molecule has 0 saturated heterocycles. The number of nitrogens with zero attached hydrogens (tertiary/aromatic N) is 1. The third-order valence-electron chi connectivity index (χ3n) is 3.57. The van der Waals surface area contributed by atoms with Crippen LogP contribution in [0.25, 0.3) is 0 Å². The zero-order valence-electron chi connectivity index (χ0n) is 13.0. The Labute approximate surface area is 140 Å². The Morgan fingerprint density at radius 3 is 2.08 bits per heavy atom. The number of Topliss-reactive ketones (excluding diaryl/α,β-unsaturated/α-hetero) is 1. The SMILES string of the molecule is Cc1ccc(S(=O)(=O)O)cc1.O=C1CCC(=NO)c2ccccc21. The second-order valence-electron chi connectivity index (χ2n) is 5.30. The highest BCUT2D eigenvalue weighted by atomic mass is 32.2. The van der Waals surface area contributed by atoms with Crippen molar-refractivity contribution in [3.05, 3.63) is 65.2 Å². The van der Waals surface area contributed by atoms with E-state index in [2.05, 4.69) is 5.16 Å². The minimum Gasteiger partial charge on any atom is -0.411 e. The molecule has 0 bridgehead atoms. The Balaban J connectivity index is 0.000000177. The molecule has 1 aliphatic carbocycles. The van der Waals surface area contributed by atoms with Crippen LogP contribution >= 0.6 is 0 Å². The summed E-state index contributed by atoms with van der Waals surface area (Å²) < 4.78 is 29.6.